The Morgan fingerprint density at radius 1 is 1.21 bits per heavy atom. The van der Waals surface area contributed by atoms with Crippen LogP contribution in [0.4, 0.5) is 4.79 Å². The van der Waals surface area contributed by atoms with Crippen molar-refractivity contribution in [3.05, 3.63) is 58.4 Å². The van der Waals surface area contributed by atoms with E-state index in [1.54, 1.807) is 13.2 Å². The summed E-state index contributed by atoms with van der Waals surface area (Å²) in [5.41, 5.74) is 2.66. The standard InChI is InChI=1S/C22H27ClN2O3/c1-22(2,3)28-21(26)25-14-16-8-12-20(23)24-19(16)13-17(25)9-5-15-6-10-18(27-4)11-7-15/h6-8,10-12,17H,5,9,13-14H2,1-4H3. The first-order valence-corrected chi connectivity index (χ1v) is 9.90. The Balaban J connectivity index is 1.78. The monoisotopic (exact) mass is 402 g/mol. The van der Waals surface area contributed by atoms with E-state index >= 15 is 0 Å². The minimum atomic E-state index is -0.532. The van der Waals surface area contributed by atoms with Crippen molar-refractivity contribution in [1.29, 1.82) is 0 Å². The molecular weight excluding hydrogens is 376 g/mol. The van der Waals surface area contributed by atoms with Crippen molar-refractivity contribution < 1.29 is 14.3 Å². The van der Waals surface area contributed by atoms with Crippen LogP contribution >= 0.6 is 11.6 Å². The van der Waals surface area contributed by atoms with Crippen LogP contribution in [0.5, 0.6) is 5.75 Å². The molecular formula is C22H27ClN2O3. The lowest BCUT2D eigenvalue weighted by molar-refractivity contribution is 0.0108. The second kappa shape index (κ2) is 8.39. The van der Waals surface area contributed by atoms with Crippen LogP contribution in [0.15, 0.2) is 36.4 Å². The Morgan fingerprint density at radius 3 is 2.57 bits per heavy atom. The van der Waals surface area contributed by atoms with Crippen LogP contribution in [0.2, 0.25) is 5.15 Å². The average Bonchev–Trinajstić information content (AvgIpc) is 2.64. The first-order valence-electron chi connectivity index (χ1n) is 9.52. The quantitative estimate of drug-likeness (QED) is 0.672. The molecule has 2 aromatic rings. The van der Waals surface area contributed by atoms with Gasteiger partial charge < -0.3 is 14.4 Å². The summed E-state index contributed by atoms with van der Waals surface area (Å²) >= 11 is 6.08. The van der Waals surface area contributed by atoms with Crippen LogP contribution < -0.4 is 4.74 Å². The fourth-order valence-electron chi connectivity index (χ4n) is 3.39. The Morgan fingerprint density at radius 2 is 1.93 bits per heavy atom. The number of rotatable bonds is 4. The molecule has 3 rings (SSSR count). The SMILES string of the molecule is COc1ccc(CCC2Cc3nc(Cl)ccc3CN2C(=O)OC(C)(C)C)cc1. The molecule has 0 bridgehead atoms. The van der Waals surface area contributed by atoms with Gasteiger partial charge in [-0.05, 0) is 62.9 Å². The molecule has 5 nitrogen and oxygen atoms in total. The molecule has 0 aliphatic carbocycles. The third-order valence-corrected chi connectivity index (χ3v) is 5.01. The van der Waals surface area contributed by atoms with E-state index in [9.17, 15) is 4.79 Å². The molecule has 150 valence electrons. The number of halogens is 1. The molecule has 1 amide bonds. The van der Waals surface area contributed by atoms with Gasteiger partial charge in [0, 0.05) is 18.2 Å². The molecule has 1 aliphatic heterocycles. The molecule has 0 spiro atoms. The number of hydrogen-bond donors (Lipinski definition) is 0. The van der Waals surface area contributed by atoms with Gasteiger partial charge in [0.05, 0.1) is 13.7 Å². The zero-order chi connectivity index (χ0) is 20.3. The summed E-state index contributed by atoms with van der Waals surface area (Å²) in [6, 6.07) is 11.8. The lowest BCUT2D eigenvalue weighted by atomic mass is 9.94. The minimum absolute atomic E-state index is 0.00965. The van der Waals surface area contributed by atoms with Gasteiger partial charge in [-0.3, -0.25) is 0 Å². The normalized spacial score (nSPS) is 16.5. The Labute approximate surface area is 171 Å². The third-order valence-electron chi connectivity index (χ3n) is 4.80. The molecule has 1 aliphatic rings. The summed E-state index contributed by atoms with van der Waals surface area (Å²) in [6.07, 6.45) is 2.06. The van der Waals surface area contributed by atoms with E-state index in [0.29, 0.717) is 18.1 Å². The van der Waals surface area contributed by atoms with Gasteiger partial charge >= 0.3 is 6.09 Å². The Bertz CT molecular complexity index is 831. The molecule has 0 radical (unpaired) electrons. The lowest BCUT2D eigenvalue weighted by Gasteiger charge is -2.37. The number of fused-ring (bicyclic) bond motifs is 1. The van der Waals surface area contributed by atoms with Crippen LogP contribution in [-0.2, 0) is 24.1 Å². The van der Waals surface area contributed by atoms with Crippen LogP contribution in [0.3, 0.4) is 0 Å². The highest BCUT2D eigenvalue weighted by molar-refractivity contribution is 6.29. The second-order valence-corrected chi connectivity index (χ2v) is 8.48. The molecule has 0 fully saturated rings. The predicted octanol–water partition coefficient (Wildman–Crippen LogP) is 5.04. The van der Waals surface area contributed by atoms with E-state index in [4.69, 9.17) is 21.1 Å². The molecule has 1 unspecified atom stereocenters. The second-order valence-electron chi connectivity index (χ2n) is 8.09. The fraction of sp³-hybridized carbons (Fsp3) is 0.455. The summed E-state index contributed by atoms with van der Waals surface area (Å²) in [5, 5.41) is 0.485. The molecule has 1 aromatic heterocycles. The topological polar surface area (TPSA) is 51.7 Å². The van der Waals surface area contributed by atoms with Gasteiger partial charge in [-0.1, -0.05) is 29.8 Å². The fourth-order valence-corrected chi connectivity index (χ4v) is 3.55. The summed E-state index contributed by atoms with van der Waals surface area (Å²) in [7, 11) is 1.66. The zero-order valence-corrected chi connectivity index (χ0v) is 17.6. The Kier molecular flexibility index (Phi) is 6.14. The predicted molar refractivity (Wildman–Crippen MR) is 110 cm³/mol. The van der Waals surface area contributed by atoms with Crippen molar-refractivity contribution in [3.63, 3.8) is 0 Å². The molecule has 0 saturated heterocycles. The van der Waals surface area contributed by atoms with Crippen molar-refractivity contribution in [3.8, 4) is 5.75 Å². The number of amides is 1. The van der Waals surface area contributed by atoms with Crippen molar-refractivity contribution in [2.75, 3.05) is 7.11 Å². The van der Waals surface area contributed by atoms with E-state index in [0.717, 1.165) is 29.8 Å². The van der Waals surface area contributed by atoms with E-state index in [1.165, 1.54) is 5.56 Å². The highest BCUT2D eigenvalue weighted by Crippen LogP contribution is 2.28. The number of ether oxygens (including phenoxy) is 2. The molecule has 28 heavy (non-hydrogen) atoms. The van der Waals surface area contributed by atoms with E-state index < -0.39 is 5.60 Å². The summed E-state index contributed by atoms with van der Waals surface area (Å²) < 4.78 is 10.9. The van der Waals surface area contributed by atoms with Gasteiger partial charge in [0.15, 0.2) is 0 Å². The van der Waals surface area contributed by atoms with Gasteiger partial charge in [-0.25, -0.2) is 9.78 Å². The van der Waals surface area contributed by atoms with Crippen molar-refractivity contribution in [1.82, 2.24) is 9.88 Å². The van der Waals surface area contributed by atoms with Gasteiger partial charge in [0.1, 0.15) is 16.5 Å². The maximum absolute atomic E-state index is 12.8. The summed E-state index contributed by atoms with van der Waals surface area (Å²) in [6.45, 7) is 6.14. The number of hydrogen-bond acceptors (Lipinski definition) is 4. The average molecular weight is 403 g/mol. The highest BCUT2D eigenvalue weighted by Gasteiger charge is 2.33. The summed E-state index contributed by atoms with van der Waals surface area (Å²) in [5.74, 6) is 0.838. The number of aromatic nitrogens is 1. The molecule has 1 aromatic carbocycles. The number of methoxy groups -OCH3 is 1. The van der Waals surface area contributed by atoms with E-state index in [1.807, 2.05) is 43.9 Å². The first kappa shape index (κ1) is 20.5. The van der Waals surface area contributed by atoms with Crippen molar-refractivity contribution in [2.45, 2.75) is 58.2 Å². The van der Waals surface area contributed by atoms with Gasteiger partial charge in [-0.2, -0.15) is 0 Å². The van der Waals surface area contributed by atoms with E-state index in [2.05, 4.69) is 17.1 Å². The van der Waals surface area contributed by atoms with Crippen LogP contribution in [0.25, 0.3) is 0 Å². The number of aryl methyl sites for hydroxylation is 1. The Hall–Kier alpha value is -2.27. The zero-order valence-electron chi connectivity index (χ0n) is 16.9. The molecule has 2 heterocycles. The van der Waals surface area contributed by atoms with Gasteiger partial charge in [-0.15, -0.1) is 0 Å². The molecule has 0 saturated carbocycles. The number of nitrogens with zero attached hydrogens (tertiary/aromatic N) is 2. The van der Waals surface area contributed by atoms with Gasteiger partial charge in [0.2, 0.25) is 0 Å². The maximum Gasteiger partial charge on any atom is 0.410 e. The minimum Gasteiger partial charge on any atom is -0.497 e. The van der Waals surface area contributed by atoms with Crippen LogP contribution in [-0.4, -0.2) is 34.7 Å². The van der Waals surface area contributed by atoms with Crippen molar-refractivity contribution in [2.24, 2.45) is 0 Å². The lowest BCUT2D eigenvalue weighted by Crippen LogP contribution is -2.47. The van der Waals surface area contributed by atoms with Crippen LogP contribution in [0, 0.1) is 0 Å². The van der Waals surface area contributed by atoms with Crippen molar-refractivity contribution >= 4 is 17.7 Å². The largest absolute Gasteiger partial charge is 0.497 e. The maximum atomic E-state index is 12.8. The number of carbonyl (C=O) groups is 1. The van der Waals surface area contributed by atoms with Crippen LogP contribution in [0.1, 0.15) is 44.0 Å². The number of pyridine rings is 1. The number of carbonyl (C=O) groups excluding carboxylic acids is 1. The number of benzene rings is 1. The molecule has 6 heteroatoms. The third kappa shape index (κ3) is 5.16. The van der Waals surface area contributed by atoms with Gasteiger partial charge in [0.25, 0.3) is 0 Å². The van der Waals surface area contributed by atoms with E-state index in [-0.39, 0.29) is 12.1 Å². The molecule has 0 N–H and O–H groups in total. The molecule has 1 atom stereocenters. The smallest absolute Gasteiger partial charge is 0.410 e. The summed E-state index contributed by atoms with van der Waals surface area (Å²) in [4.78, 5) is 19.1. The highest BCUT2D eigenvalue weighted by atomic mass is 35.5. The first-order chi connectivity index (χ1) is 13.2.